The predicted molar refractivity (Wildman–Crippen MR) is 122 cm³/mol. The van der Waals surface area contributed by atoms with Crippen molar-refractivity contribution in [1.82, 2.24) is 9.97 Å². The average molecular weight is 462 g/mol. The quantitative estimate of drug-likeness (QED) is 0.489. The van der Waals surface area contributed by atoms with E-state index in [0.29, 0.717) is 11.4 Å². The van der Waals surface area contributed by atoms with E-state index in [2.05, 4.69) is 30.7 Å². The van der Waals surface area contributed by atoms with Gasteiger partial charge in [-0.15, -0.1) is 0 Å². The molecule has 3 N–H and O–H groups in total. The minimum absolute atomic E-state index is 0.00403. The zero-order valence-corrected chi connectivity index (χ0v) is 19.0. The summed E-state index contributed by atoms with van der Waals surface area (Å²) in [4.78, 5) is 29.0. The number of hydrogen-bond acceptors (Lipinski definition) is 3. The standard InChI is InChI=1S/C15H19ClF2.C9H7N3O2/c1-15(2,3)10-5-4-9(8-10)11-6-7-12(17)14(18)13(11)16;10-9(14)8-7-5(1-3-12-8)11-4-2-6(7)13/h6-7,9-10H,4-5,8H2,1-3H3;1-4H,(H2,10,14)(H,11,13). The number of H-pyrrole nitrogens is 1. The smallest absolute Gasteiger partial charge is 0.268 e. The summed E-state index contributed by atoms with van der Waals surface area (Å²) < 4.78 is 26.5. The molecule has 0 radical (unpaired) electrons. The number of carbonyl (C=O) groups is 1. The third kappa shape index (κ3) is 4.99. The van der Waals surface area contributed by atoms with E-state index in [1.54, 1.807) is 12.1 Å². The average Bonchev–Trinajstić information content (AvgIpc) is 3.23. The highest BCUT2D eigenvalue weighted by molar-refractivity contribution is 6.31. The van der Waals surface area contributed by atoms with Crippen molar-refractivity contribution in [2.75, 3.05) is 0 Å². The number of rotatable bonds is 2. The zero-order valence-electron chi connectivity index (χ0n) is 18.2. The van der Waals surface area contributed by atoms with E-state index in [0.717, 1.165) is 24.8 Å². The lowest BCUT2D eigenvalue weighted by Gasteiger charge is -2.27. The van der Waals surface area contributed by atoms with Crippen molar-refractivity contribution in [3.63, 3.8) is 0 Å². The summed E-state index contributed by atoms with van der Waals surface area (Å²) in [5.74, 6) is -1.60. The maximum atomic E-state index is 13.5. The third-order valence-corrected chi connectivity index (χ3v) is 6.45. The first-order chi connectivity index (χ1) is 15.0. The lowest BCUT2D eigenvalue weighted by molar-refractivity contribution is 0.0997. The predicted octanol–water partition coefficient (Wildman–Crippen LogP) is 5.57. The van der Waals surface area contributed by atoms with Crippen LogP contribution in [0.25, 0.3) is 10.9 Å². The highest BCUT2D eigenvalue weighted by Crippen LogP contribution is 2.47. The van der Waals surface area contributed by atoms with Gasteiger partial charge in [0, 0.05) is 18.5 Å². The number of halogens is 3. The number of pyridine rings is 2. The van der Waals surface area contributed by atoms with Crippen LogP contribution in [0.1, 0.15) is 62.0 Å². The Morgan fingerprint density at radius 3 is 2.53 bits per heavy atom. The molecule has 8 heteroatoms. The van der Waals surface area contributed by atoms with Crippen LogP contribution in [0.2, 0.25) is 5.02 Å². The molecule has 4 rings (SSSR count). The summed E-state index contributed by atoms with van der Waals surface area (Å²) in [7, 11) is 0. The number of amides is 1. The number of nitrogens with one attached hydrogen (secondary N) is 1. The monoisotopic (exact) mass is 461 g/mol. The molecular weight excluding hydrogens is 436 g/mol. The van der Waals surface area contributed by atoms with Gasteiger partial charge in [0.25, 0.3) is 5.91 Å². The Hall–Kier alpha value is -2.80. The normalized spacial score (nSPS) is 18.3. The summed E-state index contributed by atoms with van der Waals surface area (Å²) in [5, 5.41) is 0.206. The van der Waals surface area contributed by atoms with Crippen molar-refractivity contribution >= 4 is 28.4 Å². The molecule has 5 nitrogen and oxygen atoms in total. The molecule has 2 atom stereocenters. The van der Waals surface area contributed by atoms with Crippen molar-refractivity contribution in [2.45, 2.75) is 46.0 Å². The maximum Gasteiger partial charge on any atom is 0.268 e. The Morgan fingerprint density at radius 2 is 1.91 bits per heavy atom. The Labute approximate surface area is 190 Å². The van der Waals surface area contributed by atoms with E-state index in [-0.39, 0.29) is 32.9 Å². The second-order valence-corrected chi connectivity index (χ2v) is 9.50. The van der Waals surface area contributed by atoms with Gasteiger partial charge in [-0.2, -0.15) is 0 Å². The van der Waals surface area contributed by atoms with Gasteiger partial charge in [-0.05, 0) is 54.2 Å². The van der Waals surface area contributed by atoms with Crippen LogP contribution >= 0.6 is 11.6 Å². The Balaban J connectivity index is 0.000000186. The molecule has 2 aromatic heterocycles. The summed E-state index contributed by atoms with van der Waals surface area (Å²) >= 11 is 5.93. The third-order valence-electron chi connectivity index (χ3n) is 6.07. The summed E-state index contributed by atoms with van der Waals surface area (Å²) in [6.07, 6.45) is 6.08. The fourth-order valence-corrected chi connectivity index (χ4v) is 4.52. The van der Waals surface area contributed by atoms with Crippen LogP contribution in [-0.2, 0) is 0 Å². The topological polar surface area (TPSA) is 88.8 Å². The van der Waals surface area contributed by atoms with Crippen molar-refractivity contribution in [1.29, 1.82) is 0 Å². The van der Waals surface area contributed by atoms with E-state index < -0.39 is 17.5 Å². The van der Waals surface area contributed by atoms with Gasteiger partial charge in [-0.3, -0.25) is 14.6 Å². The number of nitrogens with zero attached hydrogens (tertiary/aromatic N) is 1. The fraction of sp³-hybridized carbons (Fsp3) is 0.375. The van der Waals surface area contributed by atoms with Crippen LogP contribution in [0.15, 0.2) is 41.5 Å². The Morgan fingerprint density at radius 1 is 1.19 bits per heavy atom. The van der Waals surface area contributed by atoms with Gasteiger partial charge < -0.3 is 10.7 Å². The fourth-order valence-electron chi connectivity index (χ4n) is 4.22. The van der Waals surface area contributed by atoms with Crippen molar-refractivity contribution in [3.8, 4) is 0 Å². The Kier molecular flexibility index (Phi) is 6.98. The number of aromatic amines is 1. The van der Waals surface area contributed by atoms with Gasteiger partial charge in [0.05, 0.1) is 15.9 Å². The molecule has 1 fully saturated rings. The van der Waals surface area contributed by atoms with E-state index in [1.807, 2.05) is 0 Å². The van der Waals surface area contributed by atoms with E-state index in [4.69, 9.17) is 17.3 Å². The van der Waals surface area contributed by atoms with Crippen molar-refractivity contribution in [2.24, 2.45) is 17.1 Å². The first-order valence-electron chi connectivity index (χ1n) is 10.4. The van der Waals surface area contributed by atoms with Crippen LogP contribution in [0.3, 0.4) is 0 Å². The molecule has 170 valence electrons. The molecule has 1 aliphatic carbocycles. The van der Waals surface area contributed by atoms with Crippen LogP contribution < -0.4 is 11.2 Å². The number of nitrogens with two attached hydrogens (primary N) is 1. The van der Waals surface area contributed by atoms with Gasteiger partial charge >= 0.3 is 0 Å². The molecule has 0 bridgehead atoms. The SMILES string of the molecule is CC(C)(C)C1CCC(c2ccc(F)c(F)c2Cl)C1.NC(=O)c1nccc2[nH]ccc(=O)c12. The van der Waals surface area contributed by atoms with Gasteiger partial charge in [0.2, 0.25) is 0 Å². The molecule has 2 heterocycles. The lowest BCUT2D eigenvalue weighted by atomic mass is 9.79. The summed E-state index contributed by atoms with van der Waals surface area (Å²) in [6, 6.07) is 5.76. The summed E-state index contributed by atoms with van der Waals surface area (Å²) in [5.41, 5.74) is 6.42. The number of aromatic nitrogens is 2. The number of carbonyl (C=O) groups excluding carboxylic acids is 1. The van der Waals surface area contributed by atoms with Gasteiger partial charge in [-0.25, -0.2) is 8.78 Å². The second kappa shape index (κ2) is 9.36. The van der Waals surface area contributed by atoms with E-state index in [1.165, 1.54) is 24.5 Å². The molecule has 3 aromatic rings. The first-order valence-corrected chi connectivity index (χ1v) is 10.8. The molecule has 1 amide bonds. The Bertz CT molecular complexity index is 1200. The molecular formula is C24H26ClF2N3O2. The molecule has 0 aliphatic heterocycles. The molecule has 1 aliphatic rings. The van der Waals surface area contributed by atoms with Crippen LogP contribution in [0, 0.1) is 23.0 Å². The van der Waals surface area contributed by atoms with Gasteiger partial charge in [0.15, 0.2) is 17.1 Å². The van der Waals surface area contributed by atoms with Gasteiger partial charge in [0.1, 0.15) is 5.69 Å². The summed E-state index contributed by atoms with van der Waals surface area (Å²) in [6.45, 7) is 6.69. The van der Waals surface area contributed by atoms with E-state index in [9.17, 15) is 18.4 Å². The molecule has 0 spiro atoms. The van der Waals surface area contributed by atoms with Crippen LogP contribution in [0.4, 0.5) is 8.78 Å². The number of primary amides is 1. The minimum atomic E-state index is -0.909. The molecule has 2 unspecified atom stereocenters. The van der Waals surface area contributed by atoms with Crippen molar-refractivity contribution in [3.05, 3.63) is 74.8 Å². The lowest BCUT2D eigenvalue weighted by Crippen LogP contribution is -2.17. The number of hydrogen-bond donors (Lipinski definition) is 2. The maximum absolute atomic E-state index is 13.5. The highest BCUT2D eigenvalue weighted by atomic mass is 35.5. The minimum Gasteiger partial charge on any atom is -0.364 e. The second-order valence-electron chi connectivity index (χ2n) is 9.13. The van der Waals surface area contributed by atoms with Crippen LogP contribution in [-0.4, -0.2) is 15.9 Å². The molecule has 1 saturated carbocycles. The van der Waals surface area contributed by atoms with Gasteiger partial charge in [-0.1, -0.05) is 38.4 Å². The number of fused-ring (bicyclic) bond motifs is 1. The molecule has 1 aromatic carbocycles. The zero-order chi connectivity index (χ0) is 23.6. The molecule has 0 saturated heterocycles. The highest BCUT2D eigenvalue weighted by Gasteiger charge is 2.34. The molecule has 32 heavy (non-hydrogen) atoms. The first kappa shape index (κ1) is 23.9. The largest absolute Gasteiger partial charge is 0.364 e. The van der Waals surface area contributed by atoms with Crippen molar-refractivity contribution < 1.29 is 13.6 Å². The van der Waals surface area contributed by atoms with Crippen LogP contribution in [0.5, 0.6) is 0 Å². The van der Waals surface area contributed by atoms with E-state index >= 15 is 0 Å². The number of benzene rings is 1.